The van der Waals surface area contributed by atoms with Crippen molar-refractivity contribution in [1.29, 1.82) is 0 Å². The molecule has 0 fully saturated rings. The smallest absolute Gasteiger partial charge is 0.271 e. The molecule has 4 rings (SSSR count). The lowest BCUT2D eigenvalue weighted by atomic mass is 10.1. The Labute approximate surface area is 170 Å². The molecule has 8 heteroatoms. The molecule has 2 aromatic heterocycles. The standard InChI is InChI=1S/C20H22N6O.ClH/c27-20(17-14-26-13-12-21-9-8-19(26)25-17)23-11-7-18-22-10-6-16(24-18)15-4-2-1-3-5-15;/h1-6,10,14,21H,7-9,11-13H2,(H,23,27);1H. The van der Waals surface area contributed by atoms with E-state index < -0.39 is 0 Å². The van der Waals surface area contributed by atoms with Crippen molar-refractivity contribution in [3.05, 3.63) is 66.1 Å². The van der Waals surface area contributed by atoms with Gasteiger partial charge in [0, 0.05) is 57.0 Å². The first-order valence-corrected chi connectivity index (χ1v) is 9.22. The van der Waals surface area contributed by atoms with Gasteiger partial charge in [-0.2, -0.15) is 0 Å². The van der Waals surface area contributed by atoms with Crippen molar-refractivity contribution in [2.45, 2.75) is 19.4 Å². The highest BCUT2D eigenvalue weighted by molar-refractivity contribution is 5.92. The molecule has 0 aliphatic carbocycles. The molecule has 0 radical (unpaired) electrons. The van der Waals surface area contributed by atoms with E-state index in [4.69, 9.17) is 0 Å². The second-order valence-corrected chi connectivity index (χ2v) is 6.47. The summed E-state index contributed by atoms with van der Waals surface area (Å²) in [6.07, 6.45) is 5.01. The van der Waals surface area contributed by atoms with Crippen molar-refractivity contribution in [3.63, 3.8) is 0 Å². The zero-order chi connectivity index (χ0) is 18.5. The van der Waals surface area contributed by atoms with Crippen molar-refractivity contribution < 1.29 is 4.79 Å². The van der Waals surface area contributed by atoms with Crippen molar-refractivity contribution in [2.75, 3.05) is 19.6 Å². The quantitative estimate of drug-likeness (QED) is 0.685. The predicted octanol–water partition coefficient (Wildman–Crippen LogP) is 1.88. The van der Waals surface area contributed by atoms with Crippen LogP contribution in [0.3, 0.4) is 0 Å². The summed E-state index contributed by atoms with van der Waals surface area (Å²) in [5.41, 5.74) is 2.42. The molecular formula is C20H23ClN6O. The van der Waals surface area contributed by atoms with E-state index in [9.17, 15) is 4.79 Å². The fraction of sp³-hybridized carbons (Fsp3) is 0.300. The lowest BCUT2D eigenvalue weighted by Gasteiger charge is -2.05. The molecule has 28 heavy (non-hydrogen) atoms. The highest BCUT2D eigenvalue weighted by Crippen LogP contribution is 2.15. The van der Waals surface area contributed by atoms with Crippen molar-refractivity contribution in [3.8, 4) is 11.3 Å². The largest absolute Gasteiger partial charge is 0.350 e. The monoisotopic (exact) mass is 398 g/mol. The van der Waals surface area contributed by atoms with E-state index in [0.717, 1.165) is 43.1 Å². The minimum atomic E-state index is -0.150. The molecule has 146 valence electrons. The van der Waals surface area contributed by atoms with Gasteiger partial charge < -0.3 is 15.2 Å². The molecule has 3 heterocycles. The van der Waals surface area contributed by atoms with Crippen LogP contribution >= 0.6 is 12.4 Å². The Morgan fingerprint density at radius 1 is 1.14 bits per heavy atom. The summed E-state index contributed by atoms with van der Waals surface area (Å²) in [6, 6.07) is 11.9. The molecule has 1 aromatic carbocycles. The third kappa shape index (κ3) is 4.74. The van der Waals surface area contributed by atoms with Gasteiger partial charge in [-0.25, -0.2) is 15.0 Å². The number of rotatable bonds is 5. The third-order valence-corrected chi connectivity index (χ3v) is 4.56. The molecule has 1 amide bonds. The molecule has 7 nitrogen and oxygen atoms in total. The number of imidazole rings is 1. The number of benzene rings is 1. The number of fused-ring (bicyclic) bond motifs is 1. The van der Waals surface area contributed by atoms with Gasteiger partial charge in [-0.1, -0.05) is 30.3 Å². The molecule has 0 bridgehead atoms. The van der Waals surface area contributed by atoms with Crippen LogP contribution in [0.25, 0.3) is 11.3 Å². The summed E-state index contributed by atoms with van der Waals surface area (Å²) in [4.78, 5) is 25.7. The molecule has 0 unspecified atom stereocenters. The minimum absolute atomic E-state index is 0. The summed E-state index contributed by atoms with van der Waals surface area (Å²) >= 11 is 0. The molecule has 0 saturated carbocycles. The van der Waals surface area contributed by atoms with Crippen molar-refractivity contribution in [1.82, 2.24) is 30.2 Å². The number of halogens is 1. The minimum Gasteiger partial charge on any atom is -0.350 e. The van der Waals surface area contributed by atoms with E-state index >= 15 is 0 Å². The Balaban J connectivity index is 0.00000225. The summed E-state index contributed by atoms with van der Waals surface area (Å²) < 4.78 is 2.06. The molecule has 2 N–H and O–H groups in total. The number of carbonyl (C=O) groups excluding carboxylic acids is 1. The number of carbonyl (C=O) groups is 1. The Bertz CT molecular complexity index is 904. The van der Waals surface area contributed by atoms with Gasteiger partial charge in [-0.15, -0.1) is 12.4 Å². The Kier molecular flexibility index (Phi) is 6.73. The van der Waals surface area contributed by atoms with Gasteiger partial charge in [0.25, 0.3) is 5.91 Å². The van der Waals surface area contributed by atoms with Crippen LogP contribution in [0.1, 0.15) is 22.1 Å². The molecule has 0 atom stereocenters. The number of nitrogens with one attached hydrogen (secondary N) is 2. The Hall–Kier alpha value is -2.77. The lowest BCUT2D eigenvalue weighted by molar-refractivity contribution is 0.0949. The average molecular weight is 399 g/mol. The first-order valence-electron chi connectivity index (χ1n) is 9.22. The van der Waals surface area contributed by atoms with E-state index in [-0.39, 0.29) is 18.3 Å². The van der Waals surface area contributed by atoms with Crippen LogP contribution in [0.15, 0.2) is 48.8 Å². The average Bonchev–Trinajstić information content (AvgIpc) is 2.99. The molecule has 0 saturated heterocycles. The van der Waals surface area contributed by atoms with E-state index in [1.165, 1.54) is 0 Å². The van der Waals surface area contributed by atoms with Gasteiger partial charge in [-0.05, 0) is 6.07 Å². The van der Waals surface area contributed by atoms with Gasteiger partial charge in [0.15, 0.2) is 0 Å². The van der Waals surface area contributed by atoms with E-state index in [1.807, 2.05) is 42.6 Å². The number of hydrogen-bond acceptors (Lipinski definition) is 5. The molecule has 0 spiro atoms. The van der Waals surface area contributed by atoms with Gasteiger partial charge in [-0.3, -0.25) is 4.79 Å². The van der Waals surface area contributed by atoms with Crippen molar-refractivity contribution in [2.24, 2.45) is 0 Å². The maximum Gasteiger partial charge on any atom is 0.271 e. The zero-order valence-electron chi connectivity index (χ0n) is 15.5. The van der Waals surface area contributed by atoms with Crippen LogP contribution in [0.4, 0.5) is 0 Å². The van der Waals surface area contributed by atoms with Crippen molar-refractivity contribution >= 4 is 18.3 Å². The number of aromatic nitrogens is 4. The topological polar surface area (TPSA) is 84.7 Å². The third-order valence-electron chi connectivity index (χ3n) is 4.56. The number of amides is 1. The molecule has 3 aromatic rings. The Morgan fingerprint density at radius 2 is 2.00 bits per heavy atom. The maximum absolute atomic E-state index is 12.4. The van der Waals surface area contributed by atoms with E-state index in [1.54, 1.807) is 6.20 Å². The van der Waals surface area contributed by atoms with E-state index in [0.29, 0.717) is 24.5 Å². The SMILES string of the molecule is Cl.O=C(NCCc1nccc(-c2ccccc2)n1)c1cn2c(n1)CCNCC2. The first kappa shape index (κ1) is 20.0. The Morgan fingerprint density at radius 3 is 2.86 bits per heavy atom. The fourth-order valence-corrected chi connectivity index (χ4v) is 3.15. The molecular weight excluding hydrogens is 376 g/mol. The summed E-state index contributed by atoms with van der Waals surface area (Å²) in [5.74, 6) is 1.52. The summed E-state index contributed by atoms with van der Waals surface area (Å²) in [5, 5.41) is 6.24. The molecule has 1 aliphatic heterocycles. The number of nitrogens with zero attached hydrogens (tertiary/aromatic N) is 4. The normalized spacial score (nSPS) is 13.1. The predicted molar refractivity (Wildman–Crippen MR) is 110 cm³/mol. The van der Waals surface area contributed by atoms with Crippen LogP contribution in [0, 0.1) is 0 Å². The second-order valence-electron chi connectivity index (χ2n) is 6.47. The lowest BCUT2D eigenvalue weighted by Crippen LogP contribution is -2.26. The fourth-order valence-electron chi connectivity index (χ4n) is 3.15. The first-order chi connectivity index (χ1) is 13.3. The molecule has 1 aliphatic rings. The van der Waals surface area contributed by atoms with Gasteiger partial charge in [0.1, 0.15) is 17.3 Å². The van der Waals surface area contributed by atoms with Crippen LogP contribution in [0.2, 0.25) is 0 Å². The van der Waals surface area contributed by atoms with Crippen LogP contribution < -0.4 is 10.6 Å². The van der Waals surface area contributed by atoms with Gasteiger partial charge >= 0.3 is 0 Å². The van der Waals surface area contributed by atoms with E-state index in [2.05, 4.69) is 30.2 Å². The van der Waals surface area contributed by atoms with Gasteiger partial charge in [0.2, 0.25) is 0 Å². The number of hydrogen-bond donors (Lipinski definition) is 2. The zero-order valence-corrected chi connectivity index (χ0v) is 16.3. The highest BCUT2D eigenvalue weighted by Gasteiger charge is 2.15. The highest BCUT2D eigenvalue weighted by atomic mass is 35.5. The second kappa shape index (κ2) is 9.43. The van der Waals surface area contributed by atoms with Crippen LogP contribution in [-0.2, 0) is 19.4 Å². The summed E-state index contributed by atoms with van der Waals surface area (Å²) in [7, 11) is 0. The van der Waals surface area contributed by atoms with Crippen LogP contribution in [0.5, 0.6) is 0 Å². The van der Waals surface area contributed by atoms with Gasteiger partial charge in [0.05, 0.1) is 5.69 Å². The van der Waals surface area contributed by atoms with Crippen LogP contribution in [-0.4, -0.2) is 45.1 Å². The maximum atomic E-state index is 12.4. The summed E-state index contributed by atoms with van der Waals surface area (Å²) in [6.45, 7) is 3.11.